The van der Waals surface area contributed by atoms with Crippen molar-refractivity contribution in [2.24, 2.45) is 5.92 Å². The van der Waals surface area contributed by atoms with Crippen LogP contribution in [0, 0.1) is 12.8 Å². The van der Waals surface area contributed by atoms with E-state index in [1.165, 1.54) is 23.1 Å². The average molecular weight is 276 g/mol. The Morgan fingerprint density at radius 3 is 3.21 bits per heavy atom. The number of aryl methyl sites for hydroxylation is 1. The molecular weight excluding hydrogens is 256 g/mol. The Labute approximate surface area is 117 Å². The molecule has 0 radical (unpaired) electrons. The monoisotopic (exact) mass is 276 g/mol. The second-order valence-corrected chi connectivity index (χ2v) is 6.52. The van der Waals surface area contributed by atoms with Gasteiger partial charge in [0.2, 0.25) is 0 Å². The van der Waals surface area contributed by atoms with E-state index in [4.69, 9.17) is 0 Å². The predicted molar refractivity (Wildman–Crippen MR) is 81.0 cm³/mol. The van der Waals surface area contributed by atoms with Gasteiger partial charge in [-0.1, -0.05) is 0 Å². The third-order valence-electron chi connectivity index (χ3n) is 3.74. The molecule has 3 heterocycles. The first kappa shape index (κ1) is 12.8. The van der Waals surface area contributed by atoms with Crippen LogP contribution in [0.25, 0.3) is 10.2 Å². The predicted octanol–water partition coefficient (Wildman–Crippen LogP) is 2.44. The molecule has 0 bridgehead atoms. The summed E-state index contributed by atoms with van der Waals surface area (Å²) in [4.78, 5) is 13.8. The number of fused-ring (bicyclic) bond motifs is 1. The smallest absolute Gasteiger partial charge is 0.140 e. The lowest BCUT2D eigenvalue weighted by Gasteiger charge is -2.33. The summed E-state index contributed by atoms with van der Waals surface area (Å²) in [6, 6.07) is 2.22. The molecule has 4 nitrogen and oxygen atoms in total. The lowest BCUT2D eigenvalue weighted by Crippen LogP contribution is -2.39. The average Bonchev–Trinajstić information content (AvgIpc) is 2.79. The van der Waals surface area contributed by atoms with Gasteiger partial charge in [0.15, 0.2) is 0 Å². The van der Waals surface area contributed by atoms with Crippen LogP contribution in [-0.2, 0) is 0 Å². The maximum absolute atomic E-state index is 4.54. The molecule has 1 fully saturated rings. The number of thiophene rings is 1. The summed E-state index contributed by atoms with van der Waals surface area (Å²) in [5.74, 6) is 1.85. The van der Waals surface area contributed by atoms with E-state index in [1.54, 1.807) is 17.7 Å². The first-order valence-electron chi connectivity index (χ1n) is 6.88. The van der Waals surface area contributed by atoms with Crippen LogP contribution < -0.4 is 10.2 Å². The Bertz CT molecular complexity index is 564. The number of aromatic nitrogens is 2. The van der Waals surface area contributed by atoms with Crippen LogP contribution in [0.15, 0.2) is 12.4 Å². The lowest BCUT2D eigenvalue weighted by atomic mass is 9.98. The first-order chi connectivity index (χ1) is 9.28. The number of rotatable bonds is 3. The zero-order chi connectivity index (χ0) is 13.2. The second kappa shape index (κ2) is 5.43. The van der Waals surface area contributed by atoms with Crippen molar-refractivity contribution < 1.29 is 0 Å². The van der Waals surface area contributed by atoms with E-state index < -0.39 is 0 Å². The van der Waals surface area contributed by atoms with Crippen LogP contribution in [0.5, 0.6) is 0 Å². The highest BCUT2D eigenvalue weighted by molar-refractivity contribution is 7.18. The van der Waals surface area contributed by atoms with Crippen molar-refractivity contribution in [2.75, 3.05) is 31.6 Å². The van der Waals surface area contributed by atoms with Crippen molar-refractivity contribution in [1.29, 1.82) is 0 Å². The molecule has 5 heteroatoms. The Hall–Kier alpha value is -1.20. The number of piperidine rings is 1. The largest absolute Gasteiger partial charge is 0.356 e. The number of anilines is 1. The highest BCUT2D eigenvalue weighted by Gasteiger charge is 2.22. The van der Waals surface area contributed by atoms with Crippen LogP contribution >= 0.6 is 11.3 Å². The molecule has 0 amide bonds. The molecule has 1 atom stereocenters. The van der Waals surface area contributed by atoms with Gasteiger partial charge in [0.1, 0.15) is 17.0 Å². The van der Waals surface area contributed by atoms with Crippen molar-refractivity contribution in [3.63, 3.8) is 0 Å². The Morgan fingerprint density at radius 2 is 2.37 bits per heavy atom. The third-order valence-corrected chi connectivity index (χ3v) is 4.70. The van der Waals surface area contributed by atoms with Gasteiger partial charge >= 0.3 is 0 Å². The summed E-state index contributed by atoms with van der Waals surface area (Å²) < 4.78 is 0. The molecule has 0 aromatic carbocycles. The van der Waals surface area contributed by atoms with E-state index in [0.717, 1.165) is 36.2 Å². The van der Waals surface area contributed by atoms with Crippen LogP contribution in [0.1, 0.15) is 17.7 Å². The standard InChI is InChI=1S/C14H20N4S/c1-10-6-12-13(16-9-17-14(12)19-10)18-5-3-4-11(8-18)7-15-2/h6,9,11,15H,3-5,7-8H2,1-2H3. The molecule has 0 spiro atoms. The summed E-state index contributed by atoms with van der Waals surface area (Å²) in [5, 5.41) is 4.51. The second-order valence-electron chi connectivity index (χ2n) is 5.29. The van der Waals surface area contributed by atoms with Gasteiger partial charge in [-0.2, -0.15) is 0 Å². The van der Waals surface area contributed by atoms with E-state index in [0.29, 0.717) is 0 Å². The SMILES string of the molecule is CNCC1CCCN(c2ncnc3sc(C)cc23)C1. The van der Waals surface area contributed by atoms with Crippen LogP contribution in [0.2, 0.25) is 0 Å². The minimum Gasteiger partial charge on any atom is -0.356 e. The van der Waals surface area contributed by atoms with Gasteiger partial charge in [0.25, 0.3) is 0 Å². The Kier molecular flexibility index (Phi) is 3.66. The van der Waals surface area contributed by atoms with Crippen molar-refractivity contribution in [2.45, 2.75) is 19.8 Å². The van der Waals surface area contributed by atoms with Gasteiger partial charge in [-0.25, -0.2) is 9.97 Å². The van der Waals surface area contributed by atoms with Gasteiger partial charge in [-0.3, -0.25) is 0 Å². The summed E-state index contributed by atoms with van der Waals surface area (Å²) in [6.45, 7) is 5.44. The third kappa shape index (κ3) is 2.58. The summed E-state index contributed by atoms with van der Waals surface area (Å²) in [7, 11) is 2.03. The number of hydrogen-bond acceptors (Lipinski definition) is 5. The topological polar surface area (TPSA) is 41.0 Å². The van der Waals surface area contributed by atoms with Crippen molar-refractivity contribution in [3.05, 3.63) is 17.3 Å². The maximum atomic E-state index is 4.54. The quantitative estimate of drug-likeness (QED) is 0.935. The Balaban J connectivity index is 1.90. The van der Waals surface area contributed by atoms with Crippen LogP contribution in [0.4, 0.5) is 5.82 Å². The van der Waals surface area contributed by atoms with E-state index in [1.807, 2.05) is 7.05 Å². The Morgan fingerprint density at radius 1 is 1.47 bits per heavy atom. The molecule has 3 rings (SSSR count). The minimum absolute atomic E-state index is 0.725. The van der Waals surface area contributed by atoms with E-state index in [9.17, 15) is 0 Å². The molecule has 1 unspecified atom stereocenters. The van der Waals surface area contributed by atoms with E-state index in [2.05, 4.69) is 33.2 Å². The minimum atomic E-state index is 0.725. The number of hydrogen-bond donors (Lipinski definition) is 1. The first-order valence-corrected chi connectivity index (χ1v) is 7.70. The zero-order valence-electron chi connectivity index (χ0n) is 11.5. The highest BCUT2D eigenvalue weighted by atomic mass is 32.1. The normalized spacial score (nSPS) is 20.1. The molecule has 1 saturated heterocycles. The molecule has 2 aromatic heterocycles. The highest BCUT2D eigenvalue weighted by Crippen LogP contribution is 2.31. The van der Waals surface area contributed by atoms with Crippen molar-refractivity contribution >= 4 is 27.4 Å². The van der Waals surface area contributed by atoms with Gasteiger partial charge < -0.3 is 10.2 Å². The van der Waals surface area contributed by atoms with Crippen LogP contribution in [-0.4, -0.2) is 36.6 Å². The zero-order valence-corrected chi connectivity index (χ0v) is 12.3. The fourth-order valence-electron chi connectivity index (χ4n) is 2.93. The van der Waals surface area contributed by atoms with Crippen molar-refractivity contribution in [1.82, 2.24) is 15.3 Å². The van der Waals surface area contributed by atoms with Gasteiger partial charge in [-0.15, -0.1) is 11.3 Å². The molecule has 1 aliphatic rings. The van der Waals surface area contributed by atoms with Gasteiger partial charge in [0.05, 0.1) is 5.39 Å². The fourth-order valence-corrected chi connectivity index (χ4v) is 3.77. The summed E-state index contributed by atoms with van der Waals surface area (Å²) in [5.41, 5.74) is 0. The molecule has 0 aliphatic carbocycles. The molecule has 0 saturated carbocycles. The number of nitrogens with zero attached hydrogens (tertiary/aromatic N) is 3. The molecule has 2 aromatic rings. The van der Waals surface area contributed by atoms with E-state index >= 15 is 0 Å². The summed E-state index contributed by atoms with van der Waals surface area (Å²) >= 11 is 1.75. The lowest BCUT2D eigenvalue weighted by molar-refractivity contribution is 0.401. The number of nitrogens with one attached hydrogen (secondary N) is 1. The maximum Gasteiger partial charge on any atom is 0.140 e. The van der Waals surface area contributed by atoms with Crippen molar-refractivity contribution in [3.8, 4) is 0 Å². The molecule has 1 aliphatic heterocycles. The molecule has 102 valence electrons. The molecule has 19 heavy (non-hydrogen) atoms. The van der Waals surface area contributed by atoms with E-state index in [-0.39, 0.29) is 0 Å². The fraction of sp³-hybridized carbons (Fsp3) is 0.571. The van der Waals surface area contributed by atoms with Crippen LogP contribution in [0.3, 0.4) is 0 Å². The molecular formula is C14H20N4S. The molecule has 1 N–H and O–H groups in total. The van der Waals surface area contributed by atoms with Gasteiger partial charge in [-0.05, 0) is 45.3 Å². The van der Waals surface area contributed by atoms with Gasteiger partial charge in [0, 0.05) is 18.0 Å². The summed E-state index contributed by atoms with van der Waals surface area (Å²) in [6.07, 6.45) is 4.27.